The SMILES string of the molecule is CN1CC(CNC(=O)Nc2ccccc2)CC1=O. The van der Waals surface area contributed by atoms with Crippen LogP contribution in [-0.4, -0.2) is 37.0 Å². The van der Waals surface area contributed by atoms with Gasteiger partial charge in [0.25, 0.3) is 0 Å². The standard InChI is InChI=1S/C13H17N3O2/c1-16-9-10(7-12(16)17)8-14-13(18)15-11-5-3-2-4-6-11/h2-6,10H,7-9H2,1H3,(H2,14,15,18). The Morgan fingerprint density at radius 1 is 1.39 bits per heavy atom. The van der Waals surface area contributed by atoms with Crippen molar-refractivity contribution in [1.82, 2.24) is 10.2 Å². The second kappa shape index (κ2) is 5.53. The number of likely N-dealkylation sites (tertiary alicyclic amines) is 1. The summed E-state index contributed by atoms with van der Waals surface area (Å²) in [7, 11) is 1.78. The van der Waals surface area contributed by atoms with Crippen LogP contribution < -0.4 is 10.6 Å². The summed E-state index contributed by atoms with van der Waals surface area (Å²) in [6.07, 6.45) is 0.516. The summed E-state index contributed by atoms with van der Waals surface area (Å²) in [5.41, 5.74) is 0.759. The highest BCUT2D eigenvalue weighted by Gasteiger charge is 2.26. The fourth-order valence-corrected chi connectivity index (χ4v) is 2.03. The summed E-state index contributed by atoms with van der Waals surface area (Å²) in [6, 6.07) is 9.03. The molecule has 1 unspecified atom stereocenters. The third kappa shape index (κ3) is 3.23. The van der Waals surface area contributed by atoms with Crippen LogP contribution in [-0.2, 0) is 4.79 Å². The van der Waals surface area contributed by atoms with Gasteiger partial charge in [-0.3, -0.25) is 4.79 Å². The van der Waals surface area contributed by atoms with E-state index in [4.69, 9.17) is 0 Å². The minimum Gasteiger partial charge on any atom is -0.345 e. The van der Waals surface area contributed by atoms with Gasteiger partial charge in [-0.05, 0) is 12.1 Å². The van der Waals surface area contributed by atoms with E-state index in [-0.39, 0.29) is 17.9 Å². The van der Waals surface area contributed by atoms with Gasteiger partial charge in [0.2, 0.25) is 5.91 Å². The van der Waals surface area contributed by atoms with Crippen molar-refractivity contribution in [1.29, 1.82) is 0 Å². The fraction of sp³-hybridized carbons (Fsp3) is 0.385. The first-order valence-corrected chi connectivity index (χ1v) is 5.99. The highest BCUT2D eigenvalue weighted by atomic mass is 16.2. The van der Waals surface area contributed by atoms with Crippen molar-refractivity contribution in [3.63, 3.8) is 0 Å². The summed E-state index contributed by atoms with van der Waals surface area (Å²) >= 11 is 0. The van der Waals surface area contributed by atoms with Crippen molar-refractivity contribution in [3.05, 3.63) is 30.3 Å². The minimum atomic E-state index is -0.233. The van der Waals surface area contributed by atoms with Gasteiger partial charge in [0.1, 0.15) is 0 Å². The zero-order chi connectivity index (χ0) is 13.0. The molecule has 0 spiro atoms. The molecule has 1 heterocycles. The van der Waals surface area contributed by atoms with E-state index < -0.39 is 0 Å². The molecule has 1 aliphatic rings. The Morgan fingerprint density at radius 3 is 2.72 bits per heavy atom. The van der Waals surface area contributed by atoms with Crippen LogP contribution in [0.2, 0.25) is 0 Å². The zero-order valence-corrected chi connectivity index (χ0v) is 10.3. The highest BCUT2D eigenvalue weighted by molar-refractivity contribution is 5.89. The molecule has 1 aliphatic heterocycles. The van der Waals surface area contributed by atoms with E-state index in [0.29, 0.717) is 19.5 Å². The predicted octanol–water partition coefficient (Wildman–Crippen LogP) is 1.29. The lowest BCUT2D eigenvalue weighted by Gasteiger charge is -2.12. The van der Waals surface area contributed by atoms with Crippen LogP contribution in [0.5, 0.6) is 0 Å². The normalized spacial score (nSPS) is 18.8. The van der Waals surface area contributed by atoms with Gasteiger partial charge >= 0.3 is 6.03 Å². The smallest absolute Gasteiger partial charge is 0.319 e. The van der Waals surface area contributed by atoms with Crippen molar-refractivity contribution < 1.29 is 9.59 Å². The third-order valence-electron chi connectivity index (χ3n) is 3.00. The van der Waals surface area contributed by atoms with Gasteiger partial charge in [0, 0.05) is 38.2 Å². The van der Waals surface area contributed by atoms with E-state index in [1.807, 2.05) is 30.3 Å². The molecule has 1 aromatic rings. The van der Waals surface area contributed by atoms with Gasteiger partial charge in [-0.1, -0.05) is 18.2 Å². The molecule has 1 atom stereocenters. The number of nitrogens with zero attached hydrogens (tertiary/aromatic N) is 1. The first-order valence-electron chi connectivity index (χ1n) is 5.99. The largest absolute Gasteiger partial charge is 0.345 e. The van der Waals surface area contributed by atoms with Crippen LogP contribution >= 0.6 is 0 Å². The molecular weight excluding hydrogens is 230 g/mol. The molecule has 1 aromatic carbocycles. The molecule has 3 amide bonds. The summed E-state index contributed by atoms with van der Waals surface area (Å²) in [4.78, 5) is 24.6. The van der Waals surface area contributed by atoms with Crippen LogP contribution in [0, 0.1) is 5.92 Å². The van der Waals surface area contributed by atoms with Gasteiger partial charge in [-0.25, -0.2) is 4.79 Å². The molecule has 0 saturated carbocycles. The van der Waals surface area contributed by atoms with Crippen molar-refractivity contribution in [2.24, 2.45) is 5.92 Å². The Labute approximate surface area is 106 Å². The summed E-state index contributed by atoms with van der Waals surface area (Å²) < 4.78 is 0. The molecule has 18 heavy (non-hydrogen) atoms. The number of anilines is 1. The number of carbonyl (C=O) groups is 2. The molecule has 2 rings (SSSR count). The maximum Gasteiger partial charge on any atom is 0.319 e. The average Bonchev–Trinajstić information content (AvgIpc) is 2.68. The van der Waals surface area contributed by atoms with Crippen LogP contribution in [0.25, 0.3) is 0 Å². The zero-order valence-electron chi connectivity index (χ0n) is 10.3. The van der Waals surface area contributed by atoms with E-state index in [9.17, 15) is 9.59 Å². The van der Waals surface area contributed by atoms with Crippen LogP contribution in [0.3, 0.4) is 0 Å². The second-order valence-electron chi connectivity index (χ2n) is 4.55. The van der Waals surface area contributed by atoms with Crippen molar-refractivity contribution >= 4 is 17.6 Å². The molecule has 0 bridgehead atoms. The molecule has 2 N–H and O–H groups in total. The van der Waals surface area contributed by atoms with Gasteiger partial charge in [-0.15, -0.1) is 0 Å². The number of carbonyl (C=O) groups excluding carboxylic acids is 2. The number of hydrogen-bond donors (Lipinski definition) is 2. The fourth-order valence-electron chi connectivity index (χ4n) is 2.03. The quantitative estimate of drug-likeness (QED) is 0.845. The average molecular weight is 247 g/mol. The predicted molar refractivity (Wildman–Crippen MR) is 69.2 cm³/mol. The van der Waals surface area contributed by atoms with Crippen molar-refractivity contribution in [2.75, 3.05) is 25.5 Å². The topological polar surface area (TPSA) is 61.4 Å². The number of amides is 3. The molecule has 0 aliphatic carbocycles. The van der Waals surface area contributed by atoms with E-state index in [0.717, 1.165) is 5.69 Å². The van der Waals surface area contributed by atoms with Crippen LogP contribution in [0.4, 0.5) is 10.5 Å². The number of urea groups is 1. The van der Waals surface area contributed by atoms with Crippen molar-refractivity contribution in [3.8, 4) is 0 Å². The minimum absolute atomic E-state index is 0.144. The maximum absolute atomic E-state index is 11.6. The number of rotatable bonds is 3. The van der Waals surface area contributed by atoms with Crippen LogP contribution in [0.1, 0.15) is 6.42 Å². The molecular formula is C13H17N3O2. The lowest BCUT2D eigenvalue weighted by atomic mass is 10.1. The Bertz CT molecular complexity index is 433. The molecule has 1 saturated heterocycles. The molecule has 96 valence electrons. The van der Waals surface area contributed by atoms with E-state index in [2.05, 4.69) is 10.6 Å². The van der Waals surface area contributed by atoms with E-state index >= 15 is 0 Å². The monoisotopic (exact) mass is 247 g/mol. The van der Waals surface area contributed by atoms with Crippen molar-refractivity contribution in [2.45, 2.75) is 6.42 Å². The first-order chi connectivity index (χ1) is 8.65. The van der Waals surface area contributed by atoms with E-state index in [1.54, 1.807) is 11.9 Å². The lowest BCUT2D eigenvalue weighted by molar-refractivity contribution is -0.126. The molecule has 0 radical (unpaired) electrons. The maximum atomic E-state index is 11.6. The Kier molecular flexibility index (Phi) is 3.82. The van der Waals surface area contributed by atoms with Gasteiger partial charge in [0.15, 0.2) is 0 Å². The first kappa shape index (κ1) is 12.4. The number of benzene rings is 1. The van der Waals surface area contributed by atoms with Gasteiger partial charge in [-0.2, -0.15) is 0 Å². The Morgan fingerprint density at radius 2 is 2.11 bits per heavy atom. The molecule has 5 nitrogen and oxygen atoms in total. The highest BCUT2D eigenvalue weighted by Crippen LogP contribution is 2.14. The number of nitrogens with one attached hydrogen (secondary N) is 2. The Balaban J connectivity index is 1.74. The number of para-hydroxylation sites is 1. The van der Waals surface area contributed by atoms with Gasteiger partial charge in [0.05, 0.1) is 0 Å². The molecule has 5 heteroatoms. The summed E-state index contributed by atoms with van der Waals surface area (Å²) in [5, 5.41) is 5.52. The second-order valence-corrected chi connectivity index (χ2v) is 4.55. The van der Waals surface area contributed by atoms with E-state index in [1.165, 1.54) is 0 Å². The Hall–Kier alpha value is -2.04. The van der Waals surface area contributed by atoms with Gasteiger partial charge < -0.3 is 15.5 Å². The third-order valence-corrected chi connectivity index (χ3v) is 3.00. The molecule has 1 fully saturated rings. The number of hydrogen-bond acceptors (Lipinski definition) is 2. The molecule has 0 aromatic heterocycles. The summed E-state index contributed by atoms with van der Waals surface area (Å²) in [5.74, 6) is 0.356. The lowest BCUT2D eigenvalue weighted by Crippen LogP contribution is -2.33. The summed E-state index contributed by atoms with van der Waals surface area (Å²) in [6.45, 7) is 1.24. The van der Waals surface area contributed by atoms with Crippen LogP contribution in [0.15, 0.2) is 30.3 Å².